The van der Waals surface area contributed by atoms with Gasteiger partial charge >= 0.3 is 6.16 Å². The molecule has 0 N–H and O–H groups in total. The molecule has 0 aliphatic carbocycles. The molecule has 45 heavy (non-hydrogen) atoms. The van der Waals surface area contributed by atoms with Gasteiger partial charge in [0, 0.05) is 0 Å². The molecular weight excluding hydrogens is 556 g/mol. The lowest BCUT2D eigenvalue weighted by Crippen LogP contribution is -2.44. The fraction of sp³-hybridized carbons (Fsp3) is 0.805. The van der Waals surface area contributed by atoms with E-state index in [1.165, 1.54) is 22.3 Å². The molecule has 4 nitrogen and oxygen atoms in total. The fourth-order valence-electron chi connectivity index (χ4n) is 4.99. The molecule has 0 radical (unpaired) electrons. The third kappa shape index (κ3) is 27.6. The summed E-state index contributed by atoms with van der Waals surface area (Å²) in [4.78, 5) is 0. The van der Waals surface area contributed by atoms with Gasteiger partial charge in [-0.05, 0) is 156 Å². The number of hydrogen-bond donors (Lipinski definition) is 0. The van der Waals surface area contributed by atoms with Crippen LogP contribution in [0.1, 0.15) is 160 Å². The maximum atomic E-state index is 6.50. The second-order valence-electron chi connectivity index (χ2n) is 14.9. The summed E-state index contributed by atoms with van der Waals surface area (Å²) in [6.45, 7) is 28.8. The van der Waals surface area contributed by atoms with Crippen molar-refractivity contribution < 1.29 is 18.9 Å². The van der Waals surface area contributed by atoms with Gasteiger partial charge in [-0.25, -0.2) is 0 Å². The lowest BCUT2D eigenvalue weighted by Gasteiger charge is -2.33. The largest absolute Gasteiger partial charge is 0.412 e. The zero-order valence-electron chi connectivity index (χ0n) is 32.1. The van der Waals surface area contributed by atoms with Gasteiger partial charge in [0.1, 0.15) is 0 Å². The third-order valence-electron chi connectivity index (χ3n) is 8.41. The van der Waals surface area contributed by atoms with Crippen LogP contribution in [0, 0.1) is 23.7 Å². The van der Waals surface area contributed by atoms with Gasteiger partial charge in [-0.1, -0.05) is 74.3 Å². The van der Waals surface area contributed by atoms with Crippen LogP contribution in [-0.4, -0.2) is 32.6 Å². The summed E-state index contributed by atoms with van der Waals surface area (Å²) < 4.78 is 26.0. The van der Waals surface area contributed by atoms with Gasteiger partial charge < -0.3 is 18.9 Å². The molecule has 0 bridgehead atoms. The van der Waals surface area contributed by atoms with Crippen LogP contribution in [0.4, 0.5) is 0 Å². The summed E-state index contributed by atoms with van der Waals surface area (Å²) in [6.07, 6.45) is 20.7. The van der Waals surface area contributed by atoms with Gasteiger partial charge in [-0.2, -0.15) is 0 Å². The molecule has 4 unspecified atom stereocenters. The maximum absolute atomic E-state index is 6.50. The molecule has 0 aliphatic rings. The van der Waals surface area contributed by atoms with Gasteiger partial charge in [0.15, 0.2) is 0 Å². The predicted octanol–water partition coefficient (Wildman–Crippen LogP) is 12.8. The second kappa shape index (κ2) is 26.8. The summed E-state index contributed by atoms with van der Waals surface area (Å²) in [7, 11) is 0. The highest BCUT2D eigenvalue weighted by molar-refractivity contribution is 4.94. The molecule has 0 heterocycles. The molecule has 0 fully saturated rings. The predicted molar refractivity (Wildman–Crippen MR) is 196 cm³/mol. The zero-order valence-corrected chi connectivity index (χ0v) is 32.1. The minimum absolute atomic E-state index is 0.554. The number of rotatable bonds is 28. The summed E-state index contributed by atoms with van der Waals surface area (Å²) in [5.74, 6) is 2.22. The standard InChI is InChI=1S/C41H76O4/c1-33(2)17-13-21-37(9)25-29-42-41(43-30-26-38(10)22-14-18-34(3)4,44-31-27-39(11)23-15-19-35(5)6)45-32-28-40(12)24-16-20-36(7)8/h17-20,37-40H,13-16,21-32H2,1-12H3. The first-order chi connectivity index (χ1) is 21.2. The van der Waals surface area contributed by atoms with Crippen molar-refractivity contribution in [3.63, 3.8) is 0 Å². The van der Waals surface area contributed by atoms with Crippen molar-refractivity contribution in [2.24, 2.45) is 23.7 Å². The van der Waals surface area contributed by atoms with Crippen molar-refractivity contribution in [1.82, 2.24) is 0 Å². The molecule has 0 aromatic rings. The van der Waals surface area contributed by atoms with Crippen molar-refractivity contribution in [2.45, 2.75) is 166 Å². The normalized spacial score (nSPS) is 15.4. The van der Waals surface area contributed by atoms with Crippen LogP contribution < -0.4 is 0 Å². The SMILES string of the molecule is CC(C)=CCCC(C)CCOC(OCCC(C)CCC=C(C)C)(OCCC(C)CCC=C(C)C)OCCC(C)CCC=C(C)C. The average Bonchev–Trinajstić information content (AvgIpc) is 2.92. The Morgan fingerprint density at radius 2 is 0.578 bits per heavy atom. The molecule has 0 rings (SSSR count). The summed E-state index contributed by atoms with van der Waals surface area (Å²) in [5, 5.41) is 0. The first-order valence-electron chi connectivity index (χ1n) is 18.3. The molecule has 0 saturated carbocycles. The van der Waals surface area contributed by atoms with Crippen molar-refractivity contribution in [3.05, 3.63) is 46.6 Å². The van der Waals surface area contributed by atoms with E-state index < -0.39 is 6.16 Å². The van der Waals surface area contributed by atoms with E-state index in [1.807, 2.05) is 0 Å². The van der Waals surface area contributed by atoms with Gasteiger partial charge in [0.2, 0.25) is 0 Å². The average molecular weight is 633 g/mol. The van der Waals surface area contributed by atoms with E-state index >= 15 is 0 Å². The van der Waals surface area contributed by atoms with Crippen LogP contribution >= 0.6 is 0 Å². The first kappa shape index (κ1) is 43.8. The number of ether oxygens (including phenoxy) is 4. The van der Waals surface area contributed by atoms with Crippen LogP contribution in [0.25, 0.3) is 0 Å². The summed E-state index contributed by atoms with van der Waals surface area (Å²) >= 11 is 0. The Morgan fingerprint density at radius 1 is 0.378 bits per heavy atom. The number of allylic oxidation sites excluding steroid dienone is 8. The Morgan fingerprint density at radius 3 is 0.756 bits per heavy atom. The Bertz CT molecular complexity index is 694. The van der Waals surface area contributed by atoms with Gasteiger partial charge in [0.05, 0.1) is 26.4 Å². The molecule has 4 heteroatoms. The summed E-state index contributed by atoms with van der Waals surface area (Å²) in [5.41, 5.74) is 5.53. The van der Waals surface area contributed by atoms with Crippen LogP contribution in [0.5, 0.6) is 0 Å². The van der Waals surface area contributed by atoms with Crippen molar-refractivity contribution in [3.8, 4) is 0 Å². The Kier molecular flexibility index (Phi) is 26.1. The van der Waals surface area contributed by atoms with Crippen LogP contribution in [0.2, 0.25) is 0 Å². The van der Waals surface area contributed by atoms with E-state index in [0.717, 1.165) is 77.0 Å². The van der Waals surface area contributed by atoms with Crippen LogP contribution in [0.3, 0.4) is 0 Å². The van der Waals surface area contributed by atoms with E-state index in [-0.39, 0.29) is 0 Å². The highest BCUT2D eigenvalue weighted by Gasteiger charge is 2.36. The first-order valence-corrected chi connectivity index (χ1v) is 18.3. The van der Waals surface area contributed by atoms with Crippen molar-refractivity contribution in [1.29, 1.82) is 0 Å². The monoisotopic (exact) mass is 633 g/mol. The van der Waals surface area contributed by atoms with Crippen LogP contribution in [-0.2, 0) is 18.9 Å². The van der Waals surface area contributed by atoms with E-state index in [9.17, 15) is 0 Å². The molecule has 0 aliphatic heterocycles. The van der Waals surface area contributed by atoms with Crippen LogP contribution in [0.15, 0.2) is 46.6 Å². The van der Waals surface area contributed by atoms with Gasteiger partial charge in [-0.15, -0.1) is 0 Å². The quantitative estimate of drug-likeness (QED) is 0.0635. The Hall–Kier alpha value is -1.20. The third-order valence-corrected chi connectivity index (χ3v) is 8.41. The molecule has 0 aromatic heterocycles. The fourth-order valence-corrected chi connectivity index (χ4v) is 4.99. The minimum atomic E-state index is -1.45. The molecule has 0 saturated heterocycles. The van der Waals surface area contributed by atoms with E-state index in [0.29, 0.717) is 50.1 Å². The Balaban J connectivity index is 5.55. The second-order valence-corrected chi connectivity index (χ2v) is 14.9. The van der Waals surface area contributed by atoms with E-state index in [1.54, 1.807) is 0 Å². The van der Waals surface area contributed by atoms with Gasteiger partial charge in [-0.3, -0.25) is 0 Å². The van der Waals surface area contributed by atoms with E-state index in [2.05, 4.69) is 107 Å². The molecule has 0 amide bonds. The number of hydrogen-bond acceptors (Lipinski definition) is 4. The van der Waals surface area contributed by atoms with E-state index in [4.69, 9.17) is 18.9 Å². The molecule has 0 spiro atoms. The maximum Gasteiger partial charge on any atom is 0.412 e. The minimum Gasteiger partial charge on any atom is -0.303 e. The highest BCUT2D eigenvalue weighted by atomic mass is 17.0. The lowest BCUT2D eigenvalue weighted by molar-refractivity contribution is -0.500. The molecular formula is C41H76O4. The highest BCUT2D eigenvalue weighted by Crippen LogP contribution is 2.25. The zero-order chi connectivity index (χ0) is 34.1. The Labute approximate surface area is 281 Å². The smallest absolute Gasteiger partial charge is 0.303 e. The molecule has 4 atom stereocenters. The van der Waals surface area contributed by atoms with Crippen molar-refractivity contribution in [2.75, 3.05) is 26.4 Å². The molecule has 0 aromatic carbocycles. The topological polar surface area (TPSA) is 36.9 Å². The summed E-state index contributed by atoms with van der Waals surface area (Å²) in [6, 6.07) is 0. The van der Waals surface area contributed by atoms with Gasteiger partial charge in [0.25, 0.3) is 0 Å². The lowest BCUT2D eigenvalue weighted by atomic mass is 10.0. The van der Waals surface area contributed by atoms with Crippen molar-refractivity contribution >= 4 is 0 Å². The molecule has 264 valence electrons.